The molecule has 3 N–H and O–H groups in total. The fourth-order valence-corrected chi connectivity index (χ4v) is 4.09. The molecule has 4 aromatic rings. The second-order valence-electron chi connectivity index (χ2n) is 7.99. The van der Waals surface area contributed by atoms with Gasteiger partial charge in [0, 0.05) is 35.6 Å². The number of ether oxygens (including phenoxy) is 1. The van der Waals surface area contributed by atoms with Gasteiger partial charge in [0.2, 0.25) is 0 Å². The van der Waals surface area contributed by atoms with E-state index >= 15 is 0 Å². The van der Waals surface area contributed by atoms with E-state index in [1.165, 1.54) is 0 Å². The number of carboxylic acid groups (broad SMARTS) is 1. The number of aryl methyl sites for hydroxylation is 1. The summed E-state index contributed by atoms with van der Waals surface area (Å²) in [7, 11) is 3.63. The minimum absolute atomic E-state index is 0.101. The highest BCUT2D eigenvalue weighted by Gasteiger charge is 2.38. The standard InChI is InChI=1S/C21H18ClN5O2.C2HF3O2/c1-26(17-10-29-18-8-12(22)4-5-13(17)18)21(28)11-3-6-16-14(7-11)19-15(20(23)25-16)9-24-27(19)2;3-2(4,5)1(6)7/h3-9,17H,10H2,1-2H3,(H2,23,25);(H,6,7)/t17-;/m1./s1. The number of nitrogens with zero attached hydrogens (tertiary/aromatic N) is 4. The van der Waals surface area contributed by atoms with Gasteiger partial charge in [0.1, 0.15) is 18.2 Å². The summed E-state index contributed by atoms with van der Waals surface area (Å²) in [5.41, 5.74) is 9.16. The third kappa shape index (κ3) is 4.59. The van der Waals surface area contributed by atoms with E-state index in [0.29, 0.717) is 23.0 Å². The summed E-state index contributed by atoms with van der Waals surface area (Å²) < 4.78 is 39.2. The second-order valence-corrected chi connectivity index (χ2v) is 8.42. The van der Waals surface area contributed by atoms with Crippen LogP contribution in [0.3, 0.4) is 0 Å². The van der Waals surface area contributed by atoms with Crippen molar-refractivity contribution in [1.29, 1.82) is 0 Å². The first kappa shape index (κ1) is 25.0. The fourth-order valence-electron chi connectivity index (χ4n) is 3.92. The number of rotatable bonds is 2. The highest BCUT2D eigenvalue weighted by Crippen LogP contribution is 2.38. The number of nitrogen functional groups attached to an aromatic ring is 1. The number of halogens is 4. The van der Waals surface area contributed by atoms with Crippen LogP contribution in [0.4, 0.5) is 19.0 Å². The Hall–Kier alpha value is -4.06. The molecule has 3 heterocycles. The molecule has 0 fully saturated rings. The van der Waals surface area contributed by atoms with E-state index < -0.39 is 12.1 Å². The summed E-state index contributed by atoms with van der Waals surface area (Å²) in [6.07, 6.45) is -3.39. The Kier molecular flexibility index (Phi) is 6.39. The summed E-state index contributed by atoms with van der Waals surface area (Å²) in [4.78, 5) is 28.3. The van der Waals surface area contributed by atoms with Crippen LogP contribution in [-0.4, -0.2) is 56.5 Å². The number of benzene rings is 2. The maximum absolute atomic E-state index is 13.3. The van der Waals surface area contributed by atoms with Crippen molar-refractivity contribution in [2.75, 3.05) is 19.4 Å². The Morgan fingerprint density at radius 3 is 2.58 bits per heavy atom. The molecule has 0 saturated carbocycles. The maximum atomic E-state index is 13.3. The summed E-state index contributed by atoms with van der Waals surface area (Å²) in [5.74, 6) is -1.71. The van der Waals surface area contributed by atoms with E-state index in [0.717, 1.165) is 33.1 Å². The lowest BCUT2D eigenvalue weighted by Gasteiger charge is -2.24. The first-order chi connectivity index (χ1) is 16.9. The predicted octanol–water partition coefficient (Wildman–Crippen LogP) is 4.20. The SMILES string of the molecule is CN(C(=O)c1ccc2nc(N)c3cnn(C)c3c2c1)[C@@H]1COc2cc(Cl)ccc21.O=C(O)C(F)(F)F. The number of pyridine rings is 1. The molecule has 0 spiro atoms. The first-order valence-electron chi connectivity index (χ1n) is 10.4. The van der Waals surface area contributed by atoms with Gasteiger partial charge in [-0.25, -0.2) is 9.78 Å². The second kappa shape index (κ2) is 9.19. The van der Waals surface area contributed by atoms with Gasteiger partial charge in [-0.2, -0.15) is 18.3 Å². The van der Waals surface area contributed by atoms with Crippen molar-refractivity contribution in [2.45, 2.75) is 12.2 Å². The molecule has 0 aliphatic carbocycles. The molecular formula is C23H19ClF3N5O4. The lowest BCUT2D eigenvalue weighted by atomic mass is 10.0. The molecule has 2 aromatic heterocycles. The Labute approximate surface area is 206 Å². The van der Waals surface area contributed by atoms with Crippen molar-refractivity contribution >= 4 is 51.1 Å². The number of hydrogen-bond acceptors (Lipinski definition) is 6. The lowest BCUT2D eigenvalue weighted by Crippen LogP contribution is -2.32. The van der Waals surface area contributed by atoms with Gasteiger partial charge >= 0.3 is 12.1 Å². The molecule has 1 amide bonds. The zero-order valence-electron chi connectivity index (χ0n) is 18.9. The van der Waals surface area contributed by atoms with Crippen molar-refractivity contribution in [3.63, 3.8) is 0 Å². The van der Waals surface area contributed by atoms with E-state index in [1.807, 2.05) is 31.3 Å². The van der Waals surface area contributed by atoms with Crippen LogP contribution in [0.5, 0.6) is 5.75 Å². The summed E-state index contributed by atoms with van der Waals surface area (Å²) in [6.45, 7) is 0.398. The summed E-state index contributed by atoms with van der Waals surface area (Å²) in [5, 5.41) is 13.6. The number of fused-ring (bicyclic) bond motifs is 4. The van der Waals surface area contributed by atoms with Crippen molar-refractivity contribution in [1.82, 2.24) is 19.7 Å². The molecule has 0 bridgehead atoms. The van der Waals surface area contributed by atoms with Crippen molar-refractivity contribution in [2.24, 2.45) is 7.05 Å². The number of anilines is 1. The average molecular weight is 522 g/mol. The van der Waals surface area contributed by atoms with Crippen molar-refractivity contribution in [3.8, 4) is 5.75 Å². The minimum Gasteiger partial charge on any atom is -0.491 e. The van der Waals surface area contributed by atoms with E-state index in [4.69, 9.17) is 32.0 Å². The van der Waals surface area contributed by atoms with Crippen LogP contribution in [0.25, 0.3) is 21.8 Å². The predicted molar refractivity (Wildman–Crippen MR) is 126 cm³/mol. The van der Waals surface area contributed by atoms with Gasteiger partial charge in [-0.1, -0.05) is 17.7 Å². The number of aromatic nitrogens is 3. The monoisotopic (exact) mass is 521 g/mol. The molecular weight excluding hydrogens is 503 g/mol. The van der Waals surface area contributed by atoms with E-state index in [-0.39, 0.29) is 11.9 Å². The van der Waals surface area contributed by atoms with Gasteiger partial charge in [0.15, 0.2) is 0 Å². The normalized spacial score (nSPS) is 14.7. The maximum Gasteiger partial charge on any atom is 0.490 e. The zero-order valence-corrected chi connectivity index (χ0v) is 19.6. The average Bonchev–Trinajstić information content (AvgIpc) is 3.41. The fraction of sp³-hybridized carbons (Fsp3) is 0.217. The Morgan fingerprint density at radius 1 is 1.22 bits per heavy atom. The zero-order chi connectivity index (χ0) is 26.4. The number of aliphatic carboxylic acids is 1. The molecule has 5 rings (SSSR count). The first-order valence-corrected chi connectivity index (χ1v) is 10.8. The number of likely N-dealkylation sites (N-methyl/N-ethyl adjacent to an activating group) is 1. The molecule has 1 aliphatic heterocycles. The number of carbonyl (C=O) groups excluding carboxylic acids is 1. The molecule has 0 unspecified atom stereocenters. The van der Waals surface area contributed by atoms with Crippen LogP contribution in [0.1, 0.15) is 22.0 Å². The molecule has 2 aromatic carbocycles. The number of alkyl halides is 3. The van der Waals surface area contributed by atoms with Gasteiger partial charge in [0.25, 0.3) is 5.91 Å². The number of carboxylic acids is 1. The van der Waals surface area contributed by atoms with Gasteiger partial charge in [-0.05, 0) is 30.3 Å². The van der Waals surface area contributed by atoms with Crippen LogP contribution in [0.2, 0.25) is 5.02 Å². The Morgan fingerprint density at radius 2 is 1.92 bits per heavy atom. The number of carbonyl (C=O) groups is 2. The summed E-state index contributed by atoms with van der Waals surface area (Å²) >= 11 is 6.04. The number of amides is 1. The van der Waals surface area contributed by atoms with E-state index in [1.54, 1.807) is 35.0 Å². The van der Waals surface area contributed by atoms with E-state index in [9.17, 15) is 18.0 Å². The van der Waals surface area contributed by atoms with Crippen LogP contribution in [0.15, 0.2) is 42.6 Å². The van der Waals surface area contributed by atoms with Gasteiger partial charge in [0.05, 0.1) is 28.7 Å². The topological polar surface area (TPSA) is 124 Å². The van der Waals surface area contributed by atoms with Gasteiger partial charge in [-0.15, -0.1) is 0 Å². The van der Waals surface area contributed by atoms with Crippen molar-refractivity contribution < 1.29 is 32.6 Å². The van der Waals surface area contributed by atoms with E-state index in [2.05, 4.69) is 10.1 Å². The van der Waals surface area contributed by atoms with Crippen LogP contribution < -0.4 is 10.5 Å². The number of hydrogen-bond donors (Lipinski definition) is 2. The quantitative estimate of drug-likeness (QED) is 0.405. The molecule has 9 nitrogen and oxygen atoms in total. The molecule has 0 saturated heterocycles. The van der Waals surface area contributed by atoms with Gasteiger partial charge < -0.3 is 20.5 Å². The molecule has 13 heteroatoms. The minimum atomic E-state index is -5.08. The highest BCUT2D eigenvalue weighted by molar-refractivity contribution is 6.30. The highest BCUT2D eigenvalue weighted by atomic mass is 35.5. The number of nitrogens with two attached hydrogens (primary N) is 1. The van der Waals surface area contributed by atoms with Crippen LogP contribution in [-0.2, 0) is 11.8 Å². The molecule has 1 aliphatic rings. The Bertz CT molecular complexity index is 1500. The van der Waals surface area contributed by atoms with Crippen LogP contribution in [0, 0.1) is 0 Å². The third-order valence-electron chi connectivity index (χ3n) is 5.72. The van der Waals surface area contributed by atoms with Crippen molar-refractivity contribution in [3.05, 3.63) is 58.7 Å². The Balaban J connectivity index is 0.000000384. The van der Waals surface area contributed by atoms with Crippen LogP contribution >= 0.6 is 11.6 Å². The largest absolute Gasteiger partial charge is 0.491 e. The lowest BCUT2D eigenvalue weighted by molar-refractivity contribution is -0.192. The third-order valence-corrected chi connectivity index (χ3v) is 5.95. The van der Waals surface area contributed by atoms with Gasteiger partial charge in [-0.3, -0.25) is 9.48 Å². The molecule has 36 heavy (non-hydrogen) atoms. The molecule has 0 radical (unpaired) electrons. The molecule has 188 valence electrons. The summed E-state index contributed by atoms with van der Waals surface area (Å²) in [6, 6.07) is 10.8. The smallest absolute Gasteiger partial charge is 0.490 e. The molecule has 1 atom stereocenters.